The van der Waals surface area contributed by atoms with E-state index in [1.54, 1.807) is 0 Å². The minimum Gasteiger partial charge on any atom is -0.394 e. The largest absolute Gasteiger partial charge is 0.394 e. The highest BCUT2D eigenvalue weighted by atomic mass is 16.5. The van der Waals surface area contributed by atoms with E-state index in [9.17, 15) is 5.11 Å². The molecule has 0 radical (unpaired) electrons. The van der Waals surface area contributed by atoms with Crippen LogP contribution in [0.4, 0.5) is 0 Å². The van der Waals surface area contributed by atoms with Crippen LogP contribution in [0, 0.1) is 0 Å². The van der Waals surface area contributed by atoms with Gasteiger partial charge in [0.1, 0.15) is 0 Å². The summed E-state index contributed by atoms with van der Waals surface area (Å²) in [4.78, 5) is 2.69. The van der Waals surface area contributed by atoms with Crippen molar-refractivity contribution in [3.8, 4) is 0 Å². The summed E-state index contributed by atoms with van der Waals surface area (Å²) in [7, 11) is 0. The number of hydrogen-bond donors (Lipinski definition) is 2. The molecule has 2 saturated carbocycles. The van der Waals surface area contributed by atoms with Gasteiger partial charge in [-0.3, -0.25) is 4.90 Å². The first-order valence-corrected chi connectivity index (χ1v) is 8.91. The number of rotatable bonds is 5. The Labute approximate surface area is 129 Å². The number of nitrogens with one attached hydrogen (secondary N) is 1. The summed E-state index contributed by atoms with van der Waals surface area (Å²) in [5.41, 5.74) is -0.0239. The molecule has 0 spiro atoms. The van der Waals surface area contributed by atoms with Crippen molar-refractivity contribution in [1.82, 2.24) is 10.2 Å². The van der Waals surface area contributed by atoms with E-state index in [1.807, 2.05) is 0 Å². The molecule has 1 heterocycles. The third kappa shape index (κ3) is 3.61. The smallest absolute Gasteiger partial charge is 0.0674 e. The van der Waals surface area contributed by atoms with Gasteiger partial charge in [0.25, 0.3) is 0 Å². The van der Waals surface area contributed by atoms with Crippen molar-refractivity contribution in [2.24, 2.45) is 0 Å². The second-order valence-electron chi connectivity index (χ2n) is 7.51. The topological polar surface area (TPSA) is 44.7 Å². The van der Waals surface area contributed by atoms with Gasteiger partial charge >= 0.3 is 0 Å². The summed E-state index contributed by atoms with van der Waals surface area (Å²) in [5, 5.41) is 13.8. The number of ether oxygens (including phenoxy) is 1. The summed E-state index contributed by atoms with van der Waals surface area (Å²) < 4.78 is 5.85. The highest BCUT2D eigenvalue weighted by molar-refractivity contribution is 5.01. The second-order valence-corrected chi connectivity index (χ2v) is 7.51. The van der Waals surface area contributed by atoms with Crippen LogP contribution in [-0.2, 0) is 4.74 Å². The fraction of sp³-hybridized carbons (Fsp3) is 1.00. The SMILES string of the molecule is CCC1COC(C)CN1C1CCCC(CO)(NC2CC2)C1. The van der Waals surface area contributed by atoms with Crippen LogP contribution >= 0.6 is 0 Å². The average Bonchev–Trinajstić information content (AvgIpc) is 3.31. The molecule has 0 bridgehead atoms. The van der Waals surface area contributed by atoms with Crippen LogP contribution in [0.2, 0.25) is 0 Å². The van der Waals surface area contributed by atoms with Gasteiger partial charge in [0, 0.05) is 30.2 Å². The summed E-state index contributed by atoms with van der Waals surface area (Å²) in [6.45, 7) is 6.66. The molecule has 0 amide bonds. The third-order valence-corrected chi connectivity index (χ3v) is 5.66. The molecule has 0 aromatic heterocycles. The fourth-order valence-electron chi connectivity index (χ4n) is 4.26. The van der Waals surface area contributed by atoms with E-state index < -0.39 is 0 Å². The lowest BCUT2D eigenvalue weighted by Crippen LogP contribution is -2.60. The van der Waals surface area contributed by atoms with Gasteiger partial charge in [-0.2, -0.15) is 0 Å². The quantitative estimate of drug-likeness (QED) is 0.813. The first-order chi connectivity index (χ1) is 10.2. The van der Waals surface area contributed by atoms with Gasteiger partial charge in [0.05, 0.1) is 19.3 Å². The van der Waals surface area contributed by atoms with E-state index in [4.69, 9.17) is 4.74 Å². The van der Waals surface area contributed by atoms with E-state index in [1.165, 1.54) is 25.7 Å². The highest BCUT2D eigenvalue weighted by Crippen LogP contribution is 2.36. The van der Waals surface area contributed by atoms with Crippen molar-refractivity contribution in [2.75, 3.05) is 19.8 Å². The lowest BCUT2D eigenvalue weighted by molar-refractivity contribution is -0.0853. The monoisotopic (exact) mass is 296 g/mol. The number of morpholine rings is 1. The zero-order valence-electron chi connectivity index (χ0n) is 13.7. The number of aliphatic hydroxyl groups is 1. The molecule has 21 heavy (non-hydrogen) atoms. The summed E-state index contributed by atoms with van der Waals surface area (Å²) >= 11 is 0. The van der Waals surface area contributed by atoms with Gasteiger partial charge in [0.15, 0.2) is 0 Å². The minimum absolute atomic E-state index is 0.0239. The zero-order valence-corrected chi connectivity index (χ0v) is 13.7. The summed E-state index contributed by atoms with van der Waals surface area (Å²) in [5.74, 6) is 0. The molecule has 4 nitrogen and oxygen atoms in total. The molecule has 2 N–H and O–H groups in total. The van der Waals surface area contributed by atoms with Crippen molar-refractivity contribution >= 4 is 0 Å². The average molecular weight is 296 g/mol. The van der Waals surface area contributed by atoms with Gasteiger partial charge in [-0.15, -0.1) is 0 Å². The maximum absolute atomic E-state index is 10.0. The standard InChI is InChI=1S/C17H32N2O2/c1-3-15-11-21-13(2)10-19(15)16-5-4-8-17(9-16,12-20)18-14-6-7-14/h13-16,18,20H,3-12H2,1-2H3. The number of nitrogens with zero attached hydrogens (tertiary/aromatic N) is 1. The third-order valence-electron chi connectivity index (χ3n) is 5.66. The van der Waals surface area contributed by atoms with E-state index in [-0.39, 0.29) is 12.1 Å². The molecule has 3 aliphatic rings. The Hall–Kier alpha value is -0.160. The normalized spacial score (nSPS) is 42.1. The Morgan fingerprint density at radius 2 is 2.14 bits per heavy atom. The molecule has 0 aromatic carbocycles. The minimum atomic E-state index is -0.0239. The first-order valence-electron chi connectivity index (χ1n) is 8.91. The molecule has 0 aromatic rings. The molecule has 1 aliphatic heterocycles. The van der Waals surface area contributed by atoms with E-state index >= 15 is 0 Å². The number of aliphatic hydroxyl groups excluding tert-OH is 1. The van der Waals surface area contributed by atoms with Crippen LogP contribution in [0.1, 0.15) is 58.8 Å². The Morgan fingerprint density at radius 1 is 1.33 bits per heavy atom. The van der Waals surface area contributed by atoms with E-state index in [2.05, 4.69) is 24.1 Å². The zero-order chi connectivity index (χ0) is 14.9. The summed E-state index contributed by atoms with van der Waals surface area (Å²) in [6, 6.07) is 1.83. The van der Waals surface area contributed by atoms with Crippen LogP contribution in [0.15, 0.2) is 0 Å². The van der Waals surface area contributed by atoms with Crippen LogP contribution in [0.5, 0.6) is 0 Å². The molecule has 4 atom stereocenters. The lowest BCUT2D eigenvalue weighted by atomic mass is 9.78. The molecule has 122 valence electrons. The molecule has 3 fully saturated rings. The Bertz CT molecular complexity index is 348. The molecular formula is C17H32N2O2. The molecule has 4 heteroatoms. The summed E-state index contributed by atoms with van der Waals surface area (Å²) in [6.07, 6.45) is 8.82. The number of hydrogen-bond acceptors (Lipinski definition) is 4. The van der Waals surface area contributed by atoms with Crippen LogP contribution in [0.3, 0.4) is 0 Å². The van der Waals surface area contributed by atoms with Crippen LogP contribution < -0.4 is 5.32 Å². The van der Waals surface area contributed by atoms with Crippen LogP contribution in [0.25, 0.3) is 0 Å². The fourth-order valence-corrected chi connectivity index (χ4v) is 4.26. The Balaban J connectivity index is 1.68. The van der Waals surface area contributed by atoms with Gasteiger partial charge < -0.3 is 15.2 Å². The molecule has 3 rings (SSSR count). The lowest BCUT2D eigenvalue weighted by Gasteiger charge is -2.49. The Kier molecular flexibility index (Phi) is 4.89. The van der Waals surface area contributed by atoms with Gasteiger partial charge in [-0.1, -0.05) is 6.92 Å². The van der Waals surface area contributed by atoms with E-state index in [0.29, 0.717) is 24.2 Å². The molecule has 2 aliphatic carbocycles. The van der Waals surface area contributed by atoms with Gasteiger partial charge in [-0.25, -0.2) is 0 Å². The molecular weight excluding hydrogens is 264 g/mol. The highest BCUT2D eigenvalue weighted by Gasteiger charge is 2.43. The predicted octanol–water partition coefficient (Wildman–Crippen LogP) is 1.91. The van der Waals surface area contributed by atoms with Gasteiger partial charge in [-0.05, 0) is 51.9 Å². The van der Waals surface area contributed by atoms with Crippen molar-refractivity contribution in [3.63, 3.8) is 0 Å². The van der Waals surface area contributed by atoms with Gasteiger partial charge in [0.2, 0.25) is 0 Å². The maximum Gasteiger partial charge on any atom is 0.0674 e. The molecule has 1 saturated heterocycles. The van der Waals surface area contributed by atoms with Crippen molar-refractivity contribution in [2.45, 2.75) is 88.6 Å². The van der Waals surface area contributed by atoms with Crippen molar-refractivity contribution in [1.29, 1.82) is 0 Å². The van der Waals surface area contributed by atoms with Crippen LogP contribution in [-0.4, -0.2) is 59.5 Å². The Morgan fingerprint density at radius 3 is 2.81 bits per heavy atom. The second kappa shape index (κ2) is 6.53. The first kappa shape index (κ1) is 15.7. The van der Waals surface area contributed by atoms with E-state index in [0.717, 1.165) is 32.4 Å². The van der Waals surface area contributed by atoms with Crippen molar-refractivity contribution < 1.29 is 9.84 Å². The predicted molar refractivity (Wildman–Crippen MR) is 84.4 cm³/mol. The molecule has 4 unspecified atom stereocenters. The van der Waals surface area contributed by atoms with Crippen molar-refractivity contribution in [3.05, 3.63) is 0 Å². The maximum atomic E-state index is 10.0.